The van der Waals surface area contributed by atoms with Crippen LogP contribution in [0.15, 0.2) is 23.8 Å². The largest absolute Gasteiger partial charge is 0.354 e. The molecule has 4 heteroatoms. The summed E-state index contributed by atoms with van der Waals surface area (Å²) in [6.45, 7) is 1.62. The van der Waals surface area contributed by atoms with Gasteiger partial charge >= 0.3 is 0 Å². The molecule has 0 radical (unpaired) electrons. The van der Waals surface area contributed by atoms with Crippen LogP contribution >= 0.6 is 0 Å². The minimum absolute atomic E-state index is 0.00601. The summed E-state index contributed by atoms with van der Waals surface area (Å²) >= 11 is 0. The number of likely N-dealkylation sites (N-methyl/N-ethyl adjacent to an activating group) is 1. The smallest absolute Gasteiger partial charge is 0.261 e. The highest BCUT2D eigenvalue weighted by molar-refractivity contribution is 6.01. The molecule has 0 atom stereocenters. The summed E-state index contributed by atoms with van der Waals surface area (Å²) in [5.41, 5.74) is 1.09. The van der Waals surface area contributed by atoms with E-state index in [-0.39, 0.29) is 11.4 Å². The number of aryl methyl sites for hydroxylation is 1. The van der Waals surface area contributed by atoms with Crippen LogP contribution in [-0.2, 0) is 4.79 Å². The van der Waals surface area contributed by atoms with Gasteiger partial charge in [-0.2, -0.15) is 5.26 Å². The van der Waals surface area contributed by atoms with Gasteiger partial charge in [-0.15, -0.1) is 0 Å². The molecule has 1 amide bonds. The zero-order chi connectivity index (χ0) is 12.1. The van der Waals surface area contributed by atoms with Gasteiger partial charge in [-0.25, -0.2) is 4.39 Å². The van der Waals surface area contributed by atoms with Crippen LogP contribution in [0.5, 0.6) is 0 Å². The second-order valence-corrected chi connectivity index (χ2v) is 3.26. The first-order valence-electron chi connectivity index (χ1n) is 4.68. The molecular formula is C12H11FN2O. The third-order valence-electron chi connectivity index (χ3n) is 2.09. The van der Waals surface area contributed by atoms with Crippen molar-refractivity contribution in [3.63, 3.8) is 0 Å². The molecule has 0 saturated carbocycles. The highest BCUT2D eigenvalue weighted by Gasteiger charge is 2.06. The average molecular weight is 218 g/mol. The monoisotopic (exact) mass is 218 g/mol. The highest BCUT2D eigenvalue weighted by Crippen LogP contribution is 2.12. The molecule has 0 spiro atoms. The lowest BCUT2D eigenvalue weighted by atomic mass is 10.1. The molecule has 0 fully saturated rings. The van der Waals surface area contributed by atoms with E-state index in [9.17, 15) is 9.18 Å². The van der Waals surface area contributed by atoms with Gasteiger partial charge in [0.2, 0.25) is 0 Å². The van der Waals surface area contributed by atoms with Crippen LogP contribution in [0, 0.1) is 24.1 Å². The maximum atomic E-state index is 13.0. The summed E-state index contributed by atoms with van der Waals surface area (Å²) < 4.78 is 13.0. The van der Waals surface area contributed by atoms with Crippen LogP contribution in [0.2, 0.25) is 0 Å². The first-order valence-corrected chi connectivity index (χ1v) is 4.68. The Balaban J connectivity index is 3.10. The molecule has 82 valence electrons. The van der Waals surface area contributed by atoms with Gasteiger partial charge in [0.15, 0.2) is 0 Å². The Hall–Kier alpha value is -2.15. The number of hydrogen-bond donors (Lipinski definition) is 1. The fraction of sp³-hybridized carbons (Fsp3) is 0.167. The Kier molecular flexibility index (Phi) is 3.78. The maximum absolute atomic E-state index is 13.0. The fourth-order valence-corrected chi connectivity index (χ4v) is 1.21. The molecular weight excluding hydrogens is 207 g/mol. The van der Waals surface area contributed by atoms with Crippen molar-refractivity contribution in [3.05, 3.63) is 40.7 Å². The molecule has 1 aromatic rings. The van der Waals surface area contributed by atoms with E-state index in [1.165, 1.54) is 25.3 Å². The van der Waals surface area contributed by atoms with Gasteiger partial charge in [0.05, 0.1) is 0 Å². The van der Waals surface area contributed by atoms with E-state index in [0.717, 1.165) is 0 Å². The molecule has 1 aromatic carbocycles. The van der Waals surface area contributed by atoms with Gasteiger partial charge in [0.25, 0.3) is 5.91 Å². The third kappa shape index (κ3) is 2.67. The number of carbonyl (C=O) groups is 1. The van der Waals surface area contributed by atoms with E-state index in [1.807, 2.05) is 0 Å². The van der Waals surface area contributed by atoms with Crippen LogP contribution < -0.4 is 5.32 Å². The Bertz CT molecular complexity index is 486. The Labute approximate surface area is 93.2 Å². The quantitative estimate of drug-likeness (QED) is 0.607. The molecule has 0 heterocycles. The van der Waals surface area contributed by atoms with Crippen LogP contribution in [-0.4, -0.2) is 13.0 Å². The SMILES string of the molecule is CNC(=O)/C(C#N)=C\c1ccc(F)c(C)c1. The minimum Gasteiger partial charge on any atom is -0.354 e. The Morgan fingerprint density at radius 3 is 2.75 bits per heavy atom. The number of benzene rings is 1. The first kappa shape index (κ1) is 11.9. The van der Waals surface area contributed by atoms with Crippen LogP contribution in [0.4, 0.5) is 4.39 Å². The van der Waals surface area contributed by atoms with Crippen molar-refractivity contribution < 1.29 is 9.18 Å². The summed E-state index contributed by atoms with van der Waals surface area (Å²) in [5, 5.41) is 11.1. The van der Waals surface area contributed by atoms with Gasteiger partial charge in [-0.1, -0.05) is 6.07 Å². The maximum Gasteiger partial charge on any atom is 0.261 e. The van der Waals surface area contributed by atoms with Crippen molar-refractivity contribution in [2.45, 2.75) is 6.92 Å². The summed E-state index contributed by atoms with van der Waals surface area (Å²) in [6, 6.07) is 6.19. The van der Waals surface area contributed by atoms with E-state index >= 15 is 0 Å². The molecule has 3 nitrogen and oxygen atoms in total. The zero-order valence-corrected chi connectivity index (χ0v) is 9.04. The number of amides is 1. The lowest BCUT2D eigenvalue weighted by molar-refractivity contribution is -0.116. The third-order valence-corrected chi connectivity index (χ3v) is 2.09. The number of halogens is 1. The van der Waals surface area contributed by atoms with Crippen LogP contribution in [0.25, 0.3) is 6.08 Å². The lowest BCUT2D eigenvalue weighted by Gasteiger charge is -2.00. The predicted octanol–water partition coefficient (Wildman–Crippen LogP) is 1.79. The molecule has 0 aliphatic rings. The van der Waals surface area contributed by atoms with Gasteiger partial charge in [-0.3, -0.25) is 4.79 Å². The lowest BCUT2D eigenvalue weighted by Crippen LogP contribution is -2.19. The van der Waals surface area contributed by atoms with Crippen LogP contribution in [0.3, 0.4) is 0 Å². The van der Waals surface area contributed by atoms with Gasteiger partial charge in [0, 0.05) is 7.05 Å². The Morgan fingerprint density at radius 2 is 2.25 bits per heavy atom. The minimum atomic E-state index is -0.454. The molecule has 0 aliphatic carbocycles. The average Bonchev–Trinajstić information content (AvgIpc) is 2.29. The first-order chi connectivity index (χ1) is 7.58. The van der Waals surface area contributed by atoms with E-state index in [2.05, 4.69) is 5.32 Å². The van der Waals surface area contributed by atoms with E-state index in [0.29, 0.717) is 11.1 Å². The highest BCUT2D eigenvalue weighted by atomic mass is 19.1. The predicted molar refractivity (Wildman–Crippen MR) is 58.8 cm³/mol. The van der Waals surface area contributed by atoms with Crippen molar-refractivity contribution in [1.82, 2.24) is 5.32 Å². The van der Waals surface area contributed by atoms with Gasteiger partial charge in [-0.05, 0) is 36.3 Å². The molecule has 0 aromatic heterocycles. The number of rotatable bonds is 2. The van der Waals surface area contributed by atoms with Gasteiger partial charge < -0.3 is 5.32 Å². The van der Waals surface area contributed by atoms with Crippen molar-refractivity contribution in [2.24, 2.45) is 0 Å². The zero-order valence-electron chi connectivity index (χ0n) is 9.04. The van der Waals surface area contributed by atoms with Crippen molar-refractivity contribution >= 4 is 12.0 Å². The number of nitrogens with zero attached hydrogens (tertiary/aromatic N) is 1. The van der Waals surface area contributed by atoms with Crippen molar-refractivity contribution in [3.8, 4) is 6.07 Å². The number of nitriles is 1. The molecule has 1 N–H and O–H groups in total. The number of carbonyl (C=O) groups excluding carboxylic acids is 1. The summed E-state index contributed by atoms with van der Waals surface area (Å²) in [4.78, 5) is 11.2. The van der Waals surface area contributed by atoms with Crippen LogP contribution in [0.1, 0.15) is 11.1 Å². The Morgan fingerprint density at radius 1 is 1.56 bits per heavy atom. The summed E-state index contributed by atoms with van der Waals surface area (Å²) in [6.07, 6.45) is 1.42. The number of nitrogens with one attached hydrogen (secondary N) is 1. The second kappa shape index (κ2) is 5.08. The molecule has 0 saturated heterocycles. The van der Waals surface area contributed by atoms with E-state index in [1.54, 1.807) is 19.1 Å². The summed E-state index contributed by atoms with van der Waals surface area (Å²) in [7, 11) is 1.45. The number of hydrogen-bond acceptors (Lipinski definition) is 2. The normalized spacial score (nSPS) is 10.8. The fourth-order valence-electron chi connectivity index (χ4n) is 1.21. The molecule has 1 rings (SSSR count). The van der Waals surface area contributed by atoms with Gasteiger partial charge in [0.1, 0.15) is 17.5 Å². The summed E-state index contributed by atoms with van der Waals surface area (Å²) in [5.74, 6) is -0.764. The standard InChI is InChI=1S/C12H11FN2O/c1-8-5-9(3-4-11(8)13)6-10(7-14)12(16)15-2/h3-6H,1-2H3,(H,15,16)/b10-6-. The molecule has 16 heavy (non-hydrogen) atoms. The molecule has 0 unspecified atom stereocenters. The second-order valence-electron chi connectivity index (χ2n) is 3.26. The topological polar surface area (TPSA) is 52.9 Å². The van der Waals surface area contributed by atoms with E-state index in [4.69, 9.17) is 5.26 Å². The van der Waals surface area contributed by atoms with Crippen molar-refractivity contribution in [2.75, 3.05) is 7.05 Å². The van der Waals surface area contributed by atoms with E-state index < -0.39 is 5.91 Å². The molecule has 0 aliphatic heterocycles. The molecule has 0 bridgehead atoms. The van der Waals surface area contributed by atoms with Crippen molar-refractivity contribution in [1.29, 1.82) is 5.26 Å².